The molecule has 0 aromatic rings. The molecule has 1 aliphatic carbocycles. The normalized spacial score (nSPS) is 30.9. The number of nitrogens with zero attached hydrogens (tertiary/aromatic N) is 2. The number of rotatable bonds is 6. The Balaban J connectivity index is 1.64. The first-order valence-electron chi connectivity index (χ1n) is 6.88. The van der Waals surface area contributed by atoms with Crippen LogP contribution in [-0.4, -0.2) is 62.7 Å². The fraction of sp³-hybridized carbons (Fsp3) is 1.00. The minimum absolute atomic E-state index is 0.843. The second kappa shape index (κ2) is 5.99. The van der Waals surface area contributed by atoms with Crippen LogP contribution >= 0.6 is 0 Å². The summed E-state index contributed by atoms with van der Waals surface area (Å²) in [5.41, 5.74) is 0. The molecule has 0 aromatic carbocycles. The zero-order valence-corrected chi connectivity index (χ0v) is 10.9. The van der Waals surface area contributed by atoms with Crippen molar-refractivity contribution in [2.75, 3.05) is 46.8 Å². The van der Waals surface area contributed by atoms with Gasteiger partial charge in [0, 0.05) is 19.1 Å². The minimum Gasteiger partial charge on any atom is -0.319 e. The van der Waals surface area contributed by atoms with Crippen LogP contribution in [0.25, 0.3) is 0 Å². The Hall–Kier alpha value is -0.120. The summed E-state index contributed by atoms with van der Waals surface area (Å²) in [6.45, 7) is 6.39. The van der Waals surface area contributed by atoms with Crippen LogP contribution in [0.1, 0.15) is 25.7 Å². The molecule has 2 rings (SSSR count). The first kappa shape index (κ1) is 12.3. The lowest BCUT2D eigenvalue weighted by atomic mass is 9.78. The van der Waals surface area contributed by atoms with Crippen molar-refractivity contribution in [2.24, 2.45) is 5.92 Å². The summed E-state index contributed by atoms with van der Waals surface area (Å²) in [7, 11) is 4.38. The van der Waals surface area contributed by atoms with Crippen LogP contribution < -0.4 is 5.32 Å². The Morgan fingerprint density at radius 3 is 2.56 bits per heavy atom. The van der Waals surface area contributed by atoms with Crippen LogP contribution in [-0.2, 0) is 0 Å². The van der Waals surface area contributed by atoms with Crippen molar-refractivity contribution in [1.29, 1.82) is 0 Å². The van der Waals surface area contributed by atoms with Gasteiger partial charge in [-0.2, -0.15) is 0 Å². The minimum atomic E-state index is 0.843. The van der Waals surface area contributed by atoms with E-state index in [1.807, 2.05) is 0 Å². The van der Waals surface area contributed by atoms with E-state index in [-0.39, 0.29) is 0 Å². The van der Waals surface area contributed by atoms with Crippen molar-refractivity contribution in [2.45, 2.75) is 31.7 Å². The summed E-state index contributed by atoms with van der Waals surface area (Å²) in [5, 5.41) is 3.31. The summed E-state index contributed by atoms with van der Waals surface area (Å²) < 4.78 is 0. The summed E-state index contributed by atoms with van der Waals surface area (Å²) in [4.78, 5) is 5.20. The van der Waals surface area contributed by atoms with Gasteiger partial charge in [0.15, 0.2) is 0 Å². The van der Waals surface area contributed by atoms with Gasteiger partial charge in [-0.25, -0.2) is 0 Å². The third kappa shape index (κ3) is 2.96. The van der Waals surface area contributed by atoms with Crippen molar-refractivity contribution in [3.05, 3.63) is 0 Å². The molecule has 0 amide bonds. The quantitative estimate of drug-likeness (QED) is 0.728. The summed E-state index contributed by atoms with van der Waals surface area (Å²) in [6, 6.07) is 0.843. The molecule has 2 aliphatic rings. The van der Waals surface area contributed by atoms with Crippen LogP contribution in [0.2, 0.25) is 0 Å². The van der Waals surface area contributed by atoms with E-state index in [1.165, 1.54) is 58.4 Å². The van der Waals surface area contributed by atoms with E-state index in [2.05, 4.69) is 29.2 Å². The van der Waals surface area contributed by atoms with Crippen LogP contribution in [0.3, 0.4) is 0 Å². The first-order valence-corrected chi connectivity index (χ1v) is 6.88. The molecule has 0 bridgehead atoms. The van der Waals surface area contributed by atoms with Gasteiger partial charge in [-0.3, -0.25) is 0 Å². The molecule has 3 heteroatoms. The molecule has 94 valence electrons. The van der Waals surface area contributed by atoms with Gasteiger partial charge in [0.1, 0.15) is 0 Å². The summed E-state index contributed by atoms with van der Waals surface area (Å²) in [6.07, 6.45) is 5.65. The van der Waals surface area contributed by atoms with Crippen molar-refractivity contribution < 1.29 is 0 Å². The van der Waals surface area contributed by atoms with E-state index in [0.717, 1.165) is 12.0 Å². The molecule has 0 spiro atoms. The maximum atomic E-state index is 3.31. The third-order valence-corrected chi connectivity index (χ3v) is 4.38. The third-order valence-electron chi connectivity index (χ3n) is 4.38. The SMILES string of the molecule is CNCC1CCC1N(C)CCN1CCCC1. The Kier molecular flexibility index (Phi) is 4.62. The highest BCUT2D eigenvalue weighted by Crippen LogP contribution is 2.30. The number of likely N-dealkylation sites (tertiary alicyclic amines) is 1. The predicted molar refractivity (Wildman–Crippen MR) is 68.7 cm³/mol. The van der Waals surface area contributed by atoms with Crippen LogP contribution in [0.4, 0.5) is 0 Å². The molecular weight excluding hydrogens is 198 g/mol. The smallest absolute Gasteiger partial charge is 0.0133 e. The summed E-state index contributed by atoms with van der Waals surface area (Å²) >= 11 is 0. The zero-order valence-electron chi connectivity index (χ0n) is 10.9. The average molecular weight is 225 g/mol. The van der Waals surface area contributed by atoms with Gasteiger partial charge < -0.3 is 15.1 Å². The number of likely N-dealkylation sites (N-methyl/N-ethyl adjacent to an activating group) is 1. The molecule has 2 atom stereocenters. The molecule has 1 saturated carbocycles. The lowest BCUT2D eigenvalue weighted by molar-refractivity contribution is 0.0776. The fourth-order valence-electron chi connectivity index (χ4n) is 3.10. The molecule has 1 saturated heterocycles. The standard InChI is InChI=1S/C13H27N3/c1-14-11-12-5-6-13(12)15(2)9-10-16-7-3-4-8-16/h12-14H,3-11H2,1-2H3. The predicted octanol–water partition coefficient (Wildman–Crippen LogP) is 1.01. The molecule has 1 N–H and O–H groups in total. The molecule has 0 aromatic heterocycles. The number of hydrogen-bond donors (Lipinski definition) is 1. The average Bonchev–Trinajstić information content (AvgIpc) is 2.74. The second-order valence-corrected chi connectivity index (χ2v) is 5.49. The highest BCUT2D eigenvalue weighted by molar-refractivity contribution is 4.88. The second-order valence-electron chi connectivity index (χ2n) is 5.49. The molecule has 16 heavy (non-hydrogen) atoms. The molecule has 1 heterocycles. The van der Waals surface area contributed by atoms with Crippen LogP contribution in [0.5, 0.6) is 0 Å². The largest absolute Gasteiger partial charge is 0.319 e. The van der Waals surface area contributed by atoms with E-state index >= 15 is 0 Å². The molecule has 3 nitrogen and oxygen atoms in total. The number of nitrogens with one attached hydrogen (secondary N) is 1. The fourth-order valence-corrected chi connectivity index (χ4v) is 3.10. The maximum Gasteiger partial charge on any atom is 0.0133 e. The van der Waals surface area contributed by atoms with Gasteiger partial charge in [-0.15, -0.1) is 0 Å². The van der Waals surface area contributed by atoms with Crippen LogP contribution in [0.15, 0.2) is 0 Å². The lowest BCUT2D eigenvalue weighted by Gasteiger charge is -2.43. The molecular formula is C13H27N3. The van der Waals surface area contributed by atoms with Crippen molar-refractivity contribution >= 4 is 0 Å². The zero-order chi connectivity index (χ0) is 11.4. The molecule has 2 fully saturated rings. The van der Waals surface area contributed by atoms with Crippen molar-refractivity contribution in [3.8, 4) is 0 Å². The Morgan fingerprint density at radius 1 is 1.25 bits per heavy atom. The Bertz CT molecular complexity index is 201. The van der Waals surface area contributed by atoms with Gasteiger partial charge in [-0.05, 0) is 65.3 Å². The van der Waals surface area contributed by atoms with Crippen molar-refractivity contribution in [3.63, 3.8) is 0 Å². The van der Waals surface area contributed by atoms with Crippen LogP contribution in [0, 0.1) is 5.92 Å². The van der Waals surface area contributed by atoms with E-state index in [9.17, 15) is 0 Å². The van der Waals surface area contributed by atoms with E-state index < -0.39 is 0 Å². The van der Waals surface area contributed by atoms with Gasteiger partial charge in [0.25, 0.3) is 0 Å². The Labute approximate surface area is 100 Å². The van der Waals surface area contributed by atoms with E-state index in [1.54, 1.807) is 0 Å². The lowest BCUT2D eigenvalue weighted by Crippen LogP contribution is -2.50. The van der Waals surface area contributed by atoms with Gasteiger partial charge in [-0.1, -0.05) is 0 Å². The van der Waals surface area contributed by atoms with Crippen molar-refractivity contribution in [1.82, 2.24) is 15.1 Å². The van der Waals surface area contributed by atoms with E-state index in [4.69, 9.17) is 0 Å². The van der Waals surface area contributed by atoms with E-state index in [0.29, 0.717) is 0 Å². The number of hydrogen-bond acceptors (Lipinski definition) is 3. The van der Waals surface area contributed by atoms with Gasteiger partial charge in [0.2, 0.25) is 0 Å². The molecule has 1 aliphatic heterocycles. The first-order chi connectivity index (χ1) is 7.81. The maximum absolute atomic E-state index is 3.31. The Morgan fingerprint density at radius 2 is 2.00 bits per heavy atom. The molecule has 2 unspecified atom stereocenters. The highest BCUT2D eigenvalue weighted by Gasteiger charge is 2.33. The van der Waals surface area contributed by atoms with Gasteiger partial charge >= 0.3 is 0 Å². The highest BCUT2D eigenvalue weighted by atomic mass is 15.2. The summed E-state index contributed by atoms with van der Waals surface area (Å²) in [5.74, 6) is 0.897. The van der Waals surface area contributed by atoms with Gasteiger partial charge in [0.05, 0.1) is 0 Å². The topological polar surface area (TPSA) is 18.5 Å². The molecule has 0 radical (unpaired) electrons. The monoisotopic (exact) mass is 225 g/mol.